The van der Waals surface area contributed by atoms with Gasteiger partial charge in [-0.05, 0) is 37.6 Å². The summed E-state index contributed by atoms with van der Waals surface area (Å²) in [4.78, 5) is 26.3. The third-order valence-electron chi connectivity index (χ3n) is 6.77. The van der Waals surface area contributed by atoms with Gasteiger partial charge in [-0.25, -0.2) is 4.79 Å². The first-order valence-electron chi connectivity index (χ1n) is 11.5. The summed E-state index contributed by atoms with van der Waals surface area (Å²) in [5, 5.41) is 13.0. The maximum Gasteiger partial charge on any atom is 0.417 e. The van der Waals surface area contributed by atoms with E-state index in [4.69, 9.17) is 9.15 Å². The number of ether oxygens (including phenoxy) is 1. The number of rotatable bonds is 6. The molecule has 4 rings (SSSR count). The molecule has 0 bridgehead atoms. The van der Waals surface area contributed by atoms with Crippen LogP contribution in [0.5, 0.6) is 0 Å². The molecule has 1 aliphatic rings. The zero-order valence-electron chi connectivity index (χ0n) is 20.1. The molecule has 0 amide bonds. The van der Waals surface area contributed by atoms with Gasteiger partial charge in [-0.1, -0.05) is 18.2 Å². The van der Waals surface area contributed by atoms with Gasteiger partial charge in [-0.15, -0.1) is 0 Å². The van der Waals surface area contributed by atoms with Gasteiger partial charge in [-0.2, -0.15) is 13.2 Å². The van der Waals surface area contributed by atoms with Crippen LogP contribution < -0.4 is 15.6 Å². The number of carboxylic acid groups (broad SMARTS) is 1. The van der Waals surface area contributed by atoms with Crippen LogP contribution in [0.3, 0.4) is 0 Å². The number of fused-ring (bicyclic) bond motifs is 1. The number of anilines is 2. The average molecular weight is 505 g/mol. The number of para-hydroxylation sites is 1. The van der Waals surface area contributed by atoms with Gasteiger partial charge in [0.1, 0.15) is 5.58 Å². The number of hydrogen-bond acceptors (Lipinski definition) is 6. The summed E-state index contributed by atoms with van der Waals surface area (Å²) >= 11 is 0. The summed E-state index contributed by atoms with van der Waals surface area (Å²) in [6, 6.07) is 10.9. The van der Waals surface area contributed by atoms with E-state index >= 15 is 0 Å². The highest BCUT2D eigenvalue weighted by Crippen LogP contribution is 2.42. The number of alkyl halides is 3. The number of carboxylic acids is 1. The van der Waals surface area contributed by atoms with Crippen molar-refractivity contribution < 1.29 is 32.2 Å². The number of piperidine rings is 1. The van der Waals surface area contributed by atoms with Crippen molar-refractivity contribution in [3.63, 3.8) is 0 Å². The molecular formula is C26H27F3N2O5. The average Bonchev–Trinajstić information content (AvgIpc) is 2.83. The van der Waals surface area contributed by atoms with Gasteiger partial charge in [0.15, 0.2) is 16.9 Å². The molecule has 1 atom stereocenters. The van der Waals surface area contributed by atoms with E-state index in [2.05, 4.69) is 5.32 Å². The molecule has 1 aromatic heterocycles. The van der Waals surface area contributed by atoms with E-state index in [-0.39, 0.29) is 42.8 Å². The van der Waals surface area contributed by atoms with Crippen molar-refractivity contribution in [2.75, 3.05) is 30.4 Å². The number of benzene rings is 2. The van der Waals surface area contributed by atoms with E-state index in [1.165, 1.54) is 12.1 Å². The Morgan fingerprint density at radius 3 is 2.47 bits per heavy atom. The van der Waals surface area contributed by atoms with Gasteiger partial charge >= 0.3 is 12.1 Å². The molecule has 2 N–H and O–H groups in total. The number of nitrogens with zero attached hydrogens (tertiary/aromatic N) is 1. The Bertz CT molecular complexity index is 1340. The first-order valence-corrected chi connectivity index (χ1v) is 11.5. The van der Waals surface area contributed by atoms with E-state index in [1.54, 1.807) is 29.2 Å². The van der Waals surface area contributed by atoms with Gasteiger partial charge in [0.25, 0.3) is 0 Å². The first-order chi connectivity index (χ1) is 17.0. The Morgan fingerprint density at radius 1 is 1.19 bits per heavy atom. The number of halogens is 3. The molecule has 1 saturated heterocycles. The molecule has 36 heavy (non-hydrogen) atoms. The highest BCUT2D eigenvalue weighted by molar-refractivity contribution is 5.94. The number of nitrogens with one attached hydrogen (secondary N) is 1. The summed E-state index contributed by atoms with van der Waals surface area (Å²) in [6.07, 6.45) is -5.09. The van der Waals surface area contributed by atoms with Crippen LogP contribution in [0.2, 0.25) is 0 Å². The first kappa shape index (κ1) is 25.6. The molecule has 7 nitrogen and oxygen atoms in total. The van der Waals surface area contributed by atoms with Gasteiger partial charge < -0.3 is 24.5 Å². The van der Waals surface area contributed by atoms with Gasteiger partial charge in [0.2, 0.25) is 0 Å². The molecule has 0 aliphatic carbocycles. The fourth-order valence-electron chi connectivity index (χ4n) is 4.70. The van der Waals surface area contributed by atoms with Gasteiger partial charge in [-0.3, -0.25) is 4.79 Å². The lowest BCUT2D eigenvalue weighted by Crippen LogP contribution is -2.54. The second-order valence-electron chi connectivity index (χ2n) is 9.08. The monoisotopic (exact) mass is 504 g/mol. The van der Waals surface area contributed by atoms with E-state index in [0.717, 1.165) is 12.7 Å². The van der Waals surface area contributed by atoms with Crippen molar-refractivity contribution in [1.82, 2.24) is 0 Å². The van der Waals surface area contributed by atoms with E-state index < -0.39 is 23.8 Å². The van der Waals surface area contributed by atoms with E-state index in [1.807, 2.05) is 19.9 Å². The SMILES string of the molecule is COC1(C(F)(F)F)CCN(c2cc(=O)c3cc(C)cc(C(C)Nc4ccccc4C(=O)O)c3o2)CC1. The summed E-state index contributed by atoms with van der Waals surface area (Å²) in [5.74, 6) is -0.896. The molecule has 2 aromatic carbocycles. The zero-order valence-corrected chi connectivity index (χ0v) is 20.1. The molecule has 0 spiro atoms. The molecular weight excluding hydrogens is 477 g/mol. The molecule has 1 unspecified atom stereocenters. The molecule has 2 heterocycles. The lowest BCUT2D eigenvalue weighted by Gasteiger charge is -2.41. The number of aryl methyl sites for hydroxylation is 1. The van der Waals surface area contributed by atoms with Crippen molar-refractivity contribution in [3.05, 3.63) is 69.4 Å². The Kier molecular flexibility index (Phi) is 6.74. The van der Waals surface area contributed by atoms with Crippen molar-refractivity contribution in [2.45, 2.75) is 44.5 Å². The van der Waals surface area contributed by atoms with Crippen LogP contribution in [0.15, 0.2) is 51.7 Å². The van der Waals surface area contributed by atoms with Crippen LogP contribution in [0.25, 0.3) is 11.0 Å². The number of methoxy groups -OCH3 is 1. The van der Waals surface area contributed by atoms with Crippen LogP contribution in [-0.4, -0.2) is 43.1 Å². The zero-order chi connectivity index (χ0) is 26.3. The Labute approximate surface area is 205 Å². The fourth-order valence-corrected chi connectivity index (χ4v) is 4.70. The number of aromatic carboxylic acids is 1. The minimum absolute atomic E-state index is 0.00276. The fraction of sp³-hybridized carbons (Fsp3) is 0.385. The maximum absolute atomic E-state index is 13.6. The highest BCUT2D eigenvalue weighted by Gasteiger charge is 2.56. The summed E-state index contributed by atoms with van der Waals surface area (Å²) < 4.78 is 51.7. The minimum Gasteiger partial charge on any atom is -0.478 e. The van der Waals surface area contributed by atoms with E-state index in [9.17, 15) is 27.9 Å². The van der Waals surface area contributed by atoms with E-state index in [0.29, 0.717) is 22.2 Å². The van der Waals surface area contributed by atoms with Gasteiger partial charge in [0, 0.05) is 50.4 Å². The second kappa shape index (κ2) is 9.50. The summed E-state index contributed by atoms with van der Waals surface area (Å²) in [5.41, 5.74) is -0.288. The quantitative estimate of drug-likeness (QED) is 0.457. The van der Waals surface area contributed by atoms with Crippen molar-refractivity contribution >= 4 is 28.5 Å². The summed E-state index contributed by atoms with van der Waals surface area (Å²) in [6.45, 7) is 3.66. The number of hydrogen-bond donors (Lipinski definition) is 2. The maximum atomic E-state index is 13.6. The highest BCUT2D eigenvalue weighted by atomic mass is 19.4. The lowest BCUT2D eigenvalue weighted by molar-refractivity contribution is -0.276. The molecule has 1 aliphatic heterocycles. The smallest absolute Gasteiger partial charge is 0.417 e. The van der Waals surface area contributed by atoms with Crippen LogP contribution in [0.4, 0.5) is 24.7 Å². The van der Waals surface area contributed by atoms with Crippen molar-refractivity contribution in [2.24, 2.45) is 0 Å². The predicted molar refractivity (Wildman–Crippen MR) is 130 cm³/mol. The lowest BCUT2D eigenvalue weighted by atomic mass is 9.90. The van der Waals surface area contributed by atoms with Crippen LogP contribution in [-0.2, 0) is 4.74 Å². The molecule has 0 radical (unpaired) electrons. The predicted octanol–water partition coefficient (Wildman–Crippen LogP) is 5.52. The summed E-state index contributed by atoms with van der Waals surface area (Å²) in [7, 11) is 1.06. The van der Waals surface area contributed by atoms with Crippen molar-refractivity contribution in [1.29, 1.82) is 0 Å². The van der Waals surface area contributed by atoms with Gasteiger partial charge in [0.05, 0.1) is 17.0 Å². The Morgan fingerprint density at radius 2 is 1.86 bits per heavy atom. The topological polar surface area (TPSA) is 92.0 Å². The number of carbonyl (C=O) groups is 1. The third kappa shape index (κ3) is 4.65. The second-order valence-corrected chi connectivity index (χ2v) is 9.08. The largest absolute Gasteiger partial charge is 0.478 e. The molecule has 1 fully saturated rings. The molecule has 192 valence electrons. The Hall–Kier alpha value is -3.53. The minimum atomic E-state index is -4.50. The molecule has 10 heteroatoms. The standard InChI is InChI=1S/C26H27F3N2O5/c1-15-12-18(16(2)30-20-7-5-4-6-17(20)24(33)34)23-19(13-15)21(32)14-22(36-23)31-10-8-25(35-3,9-11-31)26(27,28)29/h4-7,12-14,16,30H,8-11H2,1-3H3,(H,33,34). The van der Waals surface area contributed by atoms with Crippen molar-refractivity contribution in [3.8, 4) is 0 Å². The van der Waals surface area contributed by atoms with Crippen LogP contribution in [0, 0.1) is 6.92 Å². The van der Waals surface area contributed by atoms with Crippen LogP contribution >= 0.6 is 0 Å². The molecule has 0 saturated carbocycles. The Balaban J connectivity index is 1.71. The normalized spacial score (nSPS) is 16.7. The third-order valence-corrected chi connectivity index (χ3v) is 6.77. The van der Waals surface area contributed by atoms with Crippen LogP contribution in [0.1, 0.15) is 47.3 Å². The molecule has 3 aromatic rings.